The van der Waals surface area contributed by atoms with Crippen molar-refractivity contribution in [2.75, 3.05) is 26.2 Å². The zero-order valence-corrected chi connectivity index (χ0v) is 19.5. The monoisotopic (exact) mass is 377 g/mol. The van der Waals surface area contributed by atoms with E-state index >= 15 is 0 Å². The summed E-state index contributed by atoms with van der Waals surface area (Å²) in [5, 5.41) is 11.1. The minimum atomic E-state index is 0.172. The van der Waals surface area contributed by atoms with Crippen LogP contribution in [-0.2, 0) is 0 Å². The third-order valence-electron chi connectivity index (χ3n) is 5.55. The minimum absolute atomic E-state index is 0.172. The van der Waals surface area contributed by atoms with Gasteiger partial charge < -0.3 is 9.59 Å². The van der Waals surface area contributed by atoms with E-state index in [9.17, 15) is 5.11 Å². The summed E-state index contributed by atoms with van der Waals surface area (Å²) in [5.41, 5.74) is 2.85. The number of unbranched alkanes of at least 4 members (excludes halogenated alkanes) is 4. The lowest BCUT2D eigenvalue weighted by molar-refractivity contribution is -0.929. The summed E-state index contributed by atoms with van der Waals surface area (Å²) in [7, 11) is 0. The lowest BCUT2D eigenvalue weighted by Crippen LogP contribution is -2.50. The zero-order valence-electron chi connectivity index (χ0n) is 19.5. The summed E-state index contributed by atoms with van der Waals surface area (Å²) < 4.78 is 1.42. The number of hydrogen-bond donors (Lipinski definition) is 0. The summed E-state index contributed by atoms with van der Waals surface area (Å²) in [6, 6.07) is 3.82. The van der Waals surface area contributed by atoms with E-state index in [0.717, 1.165) is 16.7 Å². The fraction of sp³-hybridized carbons (Fsp3) is 0.760. The molecule has 0 N–H and O–H groups in total. The molecule has 0 amide bonds. The number of hydrogen-bond acceptors (Lipinski definition) is 1. The molecule has 0 unspecified atom stereocenters. The van der Waals surface area contributed by atoms with E-state index in [1.54, 1.807) is 0 Å². The second kappa shape index (κ2) is 15.0. The molecule has 2 heteroatoms. The molecule has 158 valence electrons. The predicted molar refractivity (Wildman–Crippen MR) is 119 cm³/mol. The van der Waals surface area contributed by atoms with Gasteiger partial charge in [0.1, 0.15) is 0 Å². The van der Waals surface area contributed by atoms with Crippen LogP contribution < -0.4 is 5.11 Å². The standard InChI is InChI=1S/C16H36N.C9H12O/c1-5-9-13-17(14-10-6-2,15-11-7-3)16-12-8-4;1-6-4-7(2)9(10)8(3)5-6/h5-16H2,1-4H3;4-5,10H,1-3H3/q+1;/p-1. The van der Waals surface area contributed by atoms with Crippen molar-refractivity contribution in [3.05, 3.63) is 28.8 Å². The van der Waals surface area contributed by atoms with Crippen LogP contribution in [0.15, 0.2) is 12.1 Å². The van der Waals surface area contributed by atoms with Crippen molar-refractivity contribution in [1.82, 2.24) is 0 Å². The van der Waals surface area contributed by atoms with Gasteiger partial charge in [-0.05, 0) is 46.5 Å². The van der Waals surface area contributed by atoms with Crippen molar-refractivity contribution in [3.8, 4) is 5.75 Å². The highest BCUT2D eigenvalue weighted by Gasteiger charge is 2.24. The molecular formula is C25H47NO. The van der Waals surface area contributed by atoms with Crippen LogP contribution in [0, 0.1) is 20.8 Å². The number of rotatable bonds is 12. The Morgan fingerprint density at radius 2 is 0.926 bits per heavy atom. The van der Waals surface area contributed by atoms with Crippen LogP contribution in [0.1, 0.15) is 95.8 Å². The average molecular weight is 378 g/mol. The number of quaternary nitrogens is 1. The van der Waals surface area contributed by atoms with Crippen molar-refractivity contribution < 1.29 is 9.59 Å². The summed E-state index contributed by atoms with van der Waals surface area (Å²) in [5.74, 6) is 0.172. The average Bonchev–Trinajstić information content (AvgIpc) is 2.65. The second-order valence-corrected chi connectivity index (χ2v) is 8.38. The lowest BCUT2D eigenvalue weighted by atomic mass is 10.1. The number of aryl methyl sites for hydroxylation is 3. The van der Waals surface area contributed by atoms with Gasteiger partial charge in [-0.2, -0.15) is 0 Å². The highest BCUT2D eigenvalue weighted by atomic mass is 16.3. The molecule has 0 saturated carbocycles. The first kappa shape index (κ1) is 26.0. The van der Waals surface area contributed by atoms with Gasteiger partial charge in [0.15, 0.2) is 0 Å². The Hall–Kier alpha value is -1.02. The Kier molecular flexibility index (Phi) is 14.4. The molecular weight excluding hydrogens is 330 g/mol. The fourth-order valence-electron chi connectivity index (χ4n) is 3.81. The van der Waals surface area contributed by atoms with Crippen LogP contribution in [0.4, 0.5) is 0 Å². The first-order chi connectivity index (χ1) is 12.9. The zero-order chi connectivity index (χ0) is 20.7. The van der Waals surface area contributed by atoms with E-state index in [4.69, 9.17) is 0 Å². The van der Waals surface area contributed by atoms with Crippen LogP contribution in [0.3, 0.4) is 0 Å². The van der Waals surface area contributed by atoms with Crippen LogP contribution in [0.25, 0.3) is 0 Å². The van der Waals surface area contributed by atoms with E-state index in [1.807, 2.05) is 32.9 Å². The Balaban J connectivity index is 0.000000569. The van der Waals surface area contributed by atoms with Crippen molar-refractivity contribution >= 4 is 0 Å². The Morgan fingerprint density at radius 1 is 0.630 bits per heavy atom. The molecule has 0 spiro atoms. The molecule has 0 bridgehead atoms. The third-order valence-corrected chi connectivity index (χ3v) is 5.55. The van der Waals surface area contributed by atoms with Gasteiger partial charge in [-0.15, -0.1) is 5.75 Å². The maximum Gasteiger partial charge on any atom is 0.0786 e. The first-order valence-corrected chi connectivity index (χ1v) is 11.5. The summed E-state index contributed by atoms with van der Waals surface area (Å²) in [4.78, 5) is 0. The quantitative estimate of drug-likeness (QED) is 0.372. The van der Waals surface area contributed by atoms with Gasteiger partial charge in [-0.3, -0.25) is 0 Å². The van der Waals surface area contributed by atoms with E-state index in [-0.39, 0.29) is 5.75 Å². The van der Waals surface area contributed by atoms with Crippen LogP contribution in [0.5, 0.6) is 5.75 Å². The topological polar surface area (TPSA) is 23.1 Å². The van der Waals surface area contributed by atoms with Gasteiger partial charge in [0.05, 0.1) is 26.2 Å². The highest BCUT2D eigenvalue weighted by molar-refractivity contribution is 5.40. The molecule has 1 aromatic rings. The molecule has 0 aliphatic carbocycles. The largest absolute Gasteiger partial charge is 0.872 e. The molecule has 1 rings (SSSR count). The van der Waals surface area contributed by atoms with Crippen LogP contribution >= 0.6 is 0 Å². The van der Waals surface area contributed by atoms with Gasteiger partial charge in [0.25, 0.3) is 0 Å². The molecule has 1 aromatic carbocycles. The van der Waals surface area contributed by atoms with Gasteiger partial charge in [0, 0.05) is 0 Å². The smallest absolute Gasteiger partial charge is 0.0786 e. The highest BCUT2D eigenvalue weighted by Crippen LogP contribution is 2.19. The van der Waals surface area contributed by atoms with Gasteiger partial charge in [-0.25, -0.2) is 0 Å². The molecule has 2 nitrogen and oxygen atoms in total. The third kappa shape index (κ3) is 10.8. The summed E-state index contributed by atoms with van der Waals surface area (Å²) in [6.07, 6.45) is 11.1. The predicted octanol–water partition coefficient (Wildman–Crippen LogP) is 6.69. The molecule has 0 aliphatic rings. The van der Waals surface area contributed by atoms with Crippen molar-refractivity contribution in [2.24, 2.45) is 0 Å². The Bertz CT molecular complexity index is 435. The van der Waals surface area contributed by atoms with Crippen molar-refractivity contribution in [1.29, 1.82) is 0 Å². The molecule has 0 fully saturated rings. The first-order valence-electron chi connectivity index (χ1n) is 11.5. The minimum Gasteiger partial charge on any atom is -0.872 e. The Labute approximate surface area is 170 Å². The molecule has 0 radical (unpaired) electrons. The van der Waals surface area contributed by atoms with E-state index < -0.39 is 0 Å². The maximum atomic E-state index is 11.1. The van der Waals surface area contributed by atoms with E-state index in [0.29, 0.717) is 0 Å². The van der Waals surface area contributed by atoms with Crippen LogP contribution in [0.2, 0.25) is 0 Å². The van der Waals surface area contributed by atoms with Gasteiger partial charge in [-0.1, -0.05) is 82.2 Å². The molecule has 0 heterocycles. The molecule has 0 aromatic heterocycles. The van der Waals surface area contributed by atoms with E-state index in [2.05, 4.69) is 27.7 Å². The molecule has 27 heavy (non-hydrogen) atoms. The lowest BCUT2D eigenvalue weighted by Gasteiger charge is -2.39. The van der Waals surface area contributed by atoms with E-state index in [1.165, 1.54) is 82.0 Å². The Morgan fingerprint density at radius 3 is 1.19 bits per heavy atom. The molecule has 0 aliphatic heterocycles. The number of benzene rings is 1. The van der Waals surface area contributed by atoms with Crippen LogP contribution in [-0.4, -0.2) is 30.7 Å². The summed E-state index contributed by atoms with van der Waals surface area (Å²) in [6.45, 7) is 20.7. The second-order valence-electron chi connectivity index (χ2n) is 8.38. The van der Waals surface area contributed by atoms with Gasteiger partial charge in [0.2, 0.25) is 0 Å². The SMILES string of the molecule is CCCC[N+](CCCC)(CCCC)CCCC.Cc1cc(C)c([O-])c(C)c1. The maximum absolute atomic E-state index is 11.1. The normalized spacial score (nSPS) is 11.2. The van der Waals surface area contributed by atoms with Crippen molar-refractivity contribution in [3.63, 3.8) is 0 Å². The fourth-order valence-corrected chi connectivity index (χ4v) is 3.81. The van der Waals surface area contributed by atoms with Gasteiger partial charge >= 0.3 is 0 Å². The van der Waals surface area contributed by atoms with Crippen molar-refractivity contribution in [2.45, 2.75) is 99.8 Å². The summed E-state index contributed by atoms with van der Waals surface area (Å²) >= 11 is 0. The number of nitrogens with zero attached hydrogens (tertiary/aromatic N) is 1. The molecule has 0 atom stereocenters. The molecule has 0 saturated heterocycles.